The van der Waals surface area contributed by atoms with Gasteiger partial charge in [0.05, 0.1) is 39.5 Å². The summed E-state index contributed by atoms with van der Waals surface area (Å²) in [5.41, 5.74) is 9.64. The minimum atomic E-state index is -0.0326. The highest BCUT2D eigenvalue weighted by molar-refractivity contribution is 7.26. The van der Waals surface area contributed by atoms with E-state index in [0.717, 1.165) is 11.4 Å². The first-order valence-electron chi connectivity index (χ1n) is 18.6. The van der Waals surface area contributed by atoms with Crippen LogP contribution in [0.15, 0.2) is 170 Å². The quantitative estimate of drug-likeness (QED) is 0.172. The predicted octanol–water partition coefficient (Wildman–Crippen LogP) is 12.8. The molecule has 1 unspecified atom stereocenters. The maximum atomic E-state index is 4.08. The minimum Gasteiger partial charge on any atom is -0.388 e. The second-order valence-corrected chi connectivity index (χ2v) is 15.2. The van der Waals surface area contributed by atoms with Crippen LogP contribution in [-0.4, -0.2) is 16.2 Å². The van der Waals surface area contributed by atoms with E-state index in [-0.39, 0.29) is 6.04 Å². The summed E-state index contributed by atoms with van der Waals surface area (Å²) in [6.07, 6.45) is 0. The van der Waals surface area contributed by atoms with Gasteiger partial charge in [-0.15, -0.1) is 11.3 Å². The molecule has 3 aromatic heterocycles. The number of hydrogen-bond donors (Lipinski definition) is 2. The minimum absolute atomic E-state index is 0.0326. The Bertz CT molecular complexity index is 3210. The Hall–Kier alpha value is -6.40. The number of anilines is 1. The number of benzene rings is 8. The van der Waals surface area contributed by atoms with Gasteiger partial charge in [0.2, 0.25) is 0 Å². The third-order valence-electron chi connectivity index (χ3n) is 11.3. The molecule has 1 atom stereocenters. The van der Waals surface area contributed by atoms with Crippen molar-refractivity contribution in [2.24, 2.45) is 0 Å². The van der Waals surface area contributed by atoms with Crippen LogP contribution in [0.25, 0.3) is 80.2 Å². The van der Waals surface area contributed by atoms with E-state index in [4.69, 9.17) is 0 Å². The van der Waals surface area contributed by atoms with Gasteiger partial charge in [0, 0.05) is 55.4 Å². The molecule has 0 fully saturated rings. The van der Waals surface area contributed by atoms with E-state index in [1.807, 2.05) is 18.4 Å². The lowest BCUT2D eigenvalue weighted by Gasteiger charge is -2.23. The number of rotatable bonds is 7. The summed E-state index contributed by atoms with van der Waals surface area (Å²) in [6, 6.07) is 62.1. The van der Waals surface area contributed by atoms with Gasteiger partial charge in [-0.1, -0.05) is 127 Å². The first-order chi connectivity index (χ1) is 26.8. The van der Waals surface area contributed by atoms with Crippen LogP contribution in [0.2, 0.25) is 0 Å². The number of para-hydroxylation sites is 2. The molecule has 54 heavy (non-hydrogen) atoms. The molecular weight excluding hydrogens is 677 g/mol. The molecule has 0 saturated heterocycles. The monoisotopic (exact) mass is 712 g/mol. The topological polar surface area (TPSA) is 33.9 Å². The Morgan fingerprint density at radius 2 is 1.28 bits per heavy atom. The second-order valence-electron chi connectivity index (χ2n) is 14.1. The molecule has 0 bridgehead atoms. The SMILES string of the molecule is CNc1ccccc1C(NCn1c2cc3c(cc2c2ccc4c5ccccc5sc4c21)c1c2ccccc2ccc1n3-c1ccccc1)c1ccccc1. The second kappa shape index (κ2) is 12.3. The fourth-order valence-electron chi connectivity index (χ4n) is 8.87. The lowest BCUT2D eigenvalue weighted by molar-refractivity contribution is 0.527. The van der Waals surface area contributed by atoms with Crippen molar-refractivity contribution in [3.63, 3.8) is 0 Å². The molecular formula is C49H36N4S. The molecule has 2 N–H and O–H groups in total. The Morgan fingerprint density at radius 1 is 0.556 bits per heavy atom. The molecule has 3 heterocycles. The zero-order valence-corrected chi connectivity index (χ0v) is 30.6. The van der Waals surface area contributed by atoms with E-state index in [0.29, 0.717) is 6.67 Å². The fraction of sp³-hybridized carbons (Fsp3) is 0.0612. The highest BCUT2D eigenvalue weighted by Crippen LogP contribution is 2.45. The van der Waals surface area contributed by atoms with Crippen LogP contribution in [0, 0.1) is 0 Å². The van der Waals surface area contributed by atoms with Gasteiger partial charge in [-0.2, -0.15) is 0 Å². The molecule has 0 aliphatic carbocycles. The first-order valence-corrected chi connectivity index (χ1v) is 19.4. The Labute approximate surface area is 316 Å². The van der Waals surface area contributed by atoms with E-state index >= 15 is 0 Å². The molecule has 0 aliphatic rings. The molecule has 11 rings (SSSR count). The average Bonchev–Trinajstić information content (AvgIpc) is 3.88. The summed E-state index contributed by atoms with van der Waals surface area (Å²) in [5, 5.41) is 17.8. The Morgan fingerprint density at radius 3 is 2.13 bits per heavy atom. The van der Waals surface area contributed by atoms with Gasteiger partial charge >= 0.3 is 0 Å². The molecule has 5 heteroatoms. The largest absolute Gasteiger partial charge is 0.388 e. The number of thiophene rings is 1. The van der Waals surface area contributed by atoms with Gasteiger partial charge in [0.1, 0.15) is 0 Å². The third-order valence-corrected chi connectivity index (χ3v) is 12.5. The number of nitrogens with zero attached hydrogens (tertiary/aromatic N) is 2. The highest BCUT2D eigenvalue weighted by Gasteiger charge is 2.23. The van der Waals surface area contributed by atoms with Crippen molar-refractivity contribution in [1.82, 2.24) is 14.5 Å². The molecule has 0 aliphatic heterocycles. The normalized spacial score (nSPS) is 12.6. The van der Waals surface area contributed by atoms with Crippen LogP contribution in [0.5, 0.6) is 0 Å². The van der Waals surface area contributed by atoms with Gasteiger partial charge in [0.15, 0.2) is 0 Å². The summed E-state index contributed by atoms with van der Waals surface area (Å²) in [7, 11) is 2.01. The van der Waals surface area contributed by atoms with E-state index in [1.165, 1.54) is 85.7 Å². The van der Waals surface area contributed by atoms with Crippen molar-refractivity contribution in [3.8, 4) is 5.69 Å². The lowest BCUT2D eigenvalue weighted by atomic mass is 9.97. The van der Waals surface area contributed by atoms with Crippen LogP contribution >= 0.6 is 11.3 Å². The number of nitrogens with one attached hydrogen (secondary N) is 2. The van der Waals surface area contributed by atoms with Gasteiger partial charge in [-0.05, 0) is 64.4 Å². The zero-order chi connectivity index (χ0) is 35.8. The van der Waals surface area contributed by atoms with E-state index < -0.39 is 0 Å². The molecule has 0 saturated carbocycles. The molecule has 4 nitrogen and oxygen atoms in total. The average molecular weight is 713 g/mol. The van der Waals surface area contributed by atoms with Crippen molar-refractivity contribution in [3.05, 3.63) is 181 Å². The number of fused-ring (bicyclic) bond motifs is 12. The number of aromatic nitrogens is 2. The van der Waals surface area contributed by atoms with Gasteiger partial charge in [-0.3, -0.25) is 5.32 Å². The van der Waals surface area contributed by atoms with Crippen LogP contribution < -0.4 is 10.6 Å². The van der Waals surface area contributed by atoms with Crippen molar-refractivity contribution in [2.45, 2.75) is 12.7 Å². The van der Waals surface area contributed by atoms with Crippen LogP contribution in [0.1, 0.15) is 17.2 Å². The highest BCUT2D eigenvalue weighted by atomic mass is 32.1. The van der Waals surface area contributed by atoms with Crippen molar-refractivity contribution in [1.29, 1.82) is 0 Å². The van der Waals surface area contributed by atoms with Crippen molar-refractivity contribution in [2.75, 3.05) is 12.4 Å². The number of hydrogen-bond acceptors (Lipinski definition) is 3. The molecule has 0 spiro atoms. The fourth-order valence-corrected chi connectivity index (χ4v) is 10.1. The lowest BCUT2D eigenvalue weighted by Crippen LogP contribution is -2.26. The van der Waals surface area contributed by atoms with Gasteiger partial charge in [0.25, 0.3) is 0 Å². The standard InChI is InChI=1S/C49H36N4S/c1-50-41-22-12-10-21-38(41)47(32-15-4-2-5-16-32)51-30-52-43-29-44-40(28-39(43)36-25-26-37-35-20-11-13-23-45(35)54-49(37)48(36)52)46-34-19-9-8-14-31(34)24-27-42(46)53(44)33-17-6-3-7-18-33/h2-29,47,50-51H,30H2,1H3. The van der Waals surface area contributed by atoms with E-state index in [1.54, 1.807) is 0 Å². The Kier molecular flexibility index (Phi) is 7.12. The van der Waals surface area contributed by atoms with Crippen LogP contribution in [0.3, 0.4) is 0 Å². The summed E-state index contributed by atoms with van der Waals surface area (Å²) in [4.78, 5) is 0. The van der Waals surface area contributed by atoms with Gasteiger partial charge in [-0.25, -0.2) is 0 Å². The van der Waals surface area contributed by atoms with E-state index in [2.05, 4.69) is 190 Å². The Balaban J connectivity index is 1.23. The molecule has 258 valence electrons. The maximum absolute atomic E-state index is 4.08. The molecule has 0 radical (unpaired) electrons. The molecule has 11 aromatic rings. The summed E-state index contributed by atoms with van der Waals surface area (Å²) in [5.74, 6) is 0. The molecule has 0 amide bonds. The summed E-state index contributed by atoms with van der Waals surface area (Å²) < 4.78 is 7.64. The predicted molar refractivity (Wildman–Crippen MR) is 232 cm³/mol. The maximum Gasteiger partial charge on any atom is 0.0739 e. The van der Waals surface area contributed by atoms with Gasteiger partial charge < -0.3 is 14.5 Å². The van der Waals surface area contributed by atoms with Crippen LogP contribution in [0.4, 0.5) is 5.69 Å². The summed E-state index contributed by atoms with van der Waals surface area (Å²) in [6.45, 7) is 0.616. The third kappa shape index (κ3) is 4.65. The van der Waals surface area contributed by atoms with Crippen molar-refractivity contribution >= 4 is 91.6 Å². The molecule has 8 aromatic carbocycles. The smallest absolute Gasteiger partial charge is 0.0739 e. The first kappa shape index (κ1) is 31.2. The van der Waals surface area contributed by atoms with Crippen molar-refractivity contribution < 1.29 is 0 Å². The van der Waals surface area contributed by atoms with E-state index in [9.17, 15) is 0 Å². The van der Waals surface area contributed by atoms with Crippen LogP contribution in [-0.2, 0) is 6.67 Å². The zero-order valence-electron chi connectivity index (χ0n) is 29.8. The summed E-state index contributed by atoms with van der Waals surface area (Å²) >= 11 is 1.90.